The zero-order valence-electron chi connectivity index (χ0n) is 13.2. The van der Waals surface area contributed by atoms with Gasteiger partial charge in [-0.3, -0.25) is 9.78 Å². The van der Waals surface area contributed by atoms with E-state index in [0.717, 1.165) is 33.8 Å². The number of pyridine rings is 1. The Morgan fingerprint density at radius 2 is 2.00 bits per heavy atom. The van der Waals surface area contributed by atoms with E-state index in [1.807, 2.05) is 36.4 Å². The van der Waals surface area contributed by atoms with Gasteiger partial charge in [0.25, 0.3) is 5.91 Å². The summed E-state index contributed by atoms with van der Waals surface area (Å²) in [5, 5.41) is 4.24. The molecule has 0 atom stereocenters. The predicted molar refractivity (Wildman–Crippen MR) is 90.3 cm³/mol. The molecule has 6 nitrogen and oxygen atoms in total. The van der Waals surface area contributed by atoms with Crippen LogP contribution in [-0.4, -0.2) is 27.5 Å². The van der Waals surface area contributed by atoms with Crippen LogP contribution >= 0.6 is 0 Å². The minimum atomic E-state index is -0.156. The van der Waals surface area contributed by atoms with E-state index < -0.39 is 0 Å². The number of rotatable bonds is 2. The Kier molecular flexibility index (Phi) is 2.97. The molecular weight excluding hydrogens is 318 g/mol. The van der Waals surface area contributed by atoms with Crippen molar-refractivity contribution >= 4 is 11.5 Å². The first-order valence-corrected chi connectivity index (χ1v) is 7.93. The number of ether oxygens (including phenoxy) is 2. The zero-order valence-corrected chi connectivity index (χ0v) is 13.2. The summed E-state index contributed by atoms with van der Waals surface area (Å²) in [6.07, 6.45) is 5.65. The molecule has 1 aromatic carbocycles. The van der Waals surface area contributed by atoms with Crippen LogP contribution in [0.4, 0.5) is 0 Å². The highest BCUT2D eigenvalue weighted by Crippen LogP contribution is 2.37. The first-order valence-electron chi connectivity index (χ1n) is 7.93. The maximum Gasteiger partial charge on any atom is 0.271 e. The highest BCUT2D eigenvalue weighted by molar-refractivity contribution is 6.00. The Labute approximate surface area is 143 Å². The molecule has 2 aliphatic heterocycles. The van der Waals surface area contributed by atoms with Gasteiger partial charge in [-0.2, -0.15) is 5.10 Å². The van der Waals surface area contributed by atoms with Crippen LogP contribution in [0.5, 0.6) is 11.5 Å². The number of allylic oxidation sites excluding steroid dienone is 2. The summed E-state index contributed by atoms with van der Waals surface area (Å²) in [7, 11) is 0. The van der Waals surface area contributed by atoms with Crippen molar-refractivity contribution in [2.45, 2.75) is 6.42 Å². The van der Waals surface area contributed by atoms with E-state index in [1.54, 1.807) is 18.5 Å². The van der Waals surface area contributed by atoms with Gasteiger partial charge < -0.3 is 9.47 Å². The van der Waals surface area contributed by atoms with Gasteiger partial charge in [-0.1, -0.05) is 12.1 Å². The summed E-state index contributed by atoms with van der Waals surface area (Å²) in [6, 6.07) is 11.4. The predicted octanol–water partition coefficient (Wildman–Crippen LogP) is 2.95. The van der Waals surface area contributed by atoms with Gasteiger partial charge in [0.1, 0.15) is 0 Å². The number of hydrogen-bond acceptors (Lipinski definition) is 5. The van der Waals surface area contributed by atoms with Crippen molar-refractivity contribution in [1.82, 2.24) is 14.8 Å². The minimum absolute atomic E-state index is 0.156. The molecule has 0 spiro atoms. The molecule has 0 fully saturated rings. The number of hydrogen-bond donors (Lipinski definition) is 0. The van der Waals surface area contributed by atoms with Gasteiger partial charge in [-0.15, -0.1) is 0 Å². The van der Waals surface area contributed by atoms with Crippen molar-refractivity contribution in [3.05, 3.63) is 66.1 Å². The molecule has 122 valence electrons. The molecule has 0 N–H and O–H groups in total. The fraction of sp³-hybridized carbons (Fsp3) is 0.105. The maximum atomic E-state index is 12.5. The van der Waals surface area contributed by atoms with Crippen LogP contribution in [0.25, 0.3) is 16.8 Å². The highest BCUT2D eigenvalue weighted by Gasteiger charge is 2.24. The number of carbonyl (C=O) groups excluding carboxylic acids is 1. The molecule has 3 aromatic rings. The molecule has 5 rings (SSSR count). The number of fused-ring (bicyclic) bond motifs is 2. The fourth-order valence-electron chi connectivity index (χ4n) is 3.19. The van der Waals surface area contributed by atoms with Crippen LogP contribution in [0.1, 0.15) is 16.1 Å². The van der Waals surface area contributed by atoms with Crippen LogP contribution in [-0.2, 0) is 6.42 Å². The third-order valence-electron chi connectivity index (χ3n) is 4.42. The molecule has 2 aliphatic rings. The third-order valence-corrected chi connectivity index (χ3v) is 4.42. The highest BCUT2D eigenvalue weighted by atomic mass is 16.7. The van der Waals surface area contributed by atoms with Gasteiger partial charge in [-0.25, -0.2) is 4.68 Å². The van der Waals surface area contributed by atoms with Gasteiger partial charge in [0.05, 0.1) is 17.6 Å². The van der Waals surface area contributed by atoms with Crippen LogP contribution in [0, 0.1) is 0 Å². The molecule has 4 heterocycles. The number of nitrogens with zero attached hydrogens (tertiary/aromatic N) is 3. The Morgan fingerprint density at radius 1 is 1.08 bits per heavy atom. The average molecular weight is 331 g/mol. The molecule has 0 bridgehead atoms. The maximum absolute atomic E-state index is 12.5. The summed E-state index contributed by atoms with van der Waals surface area (Å²) in [6.45, 7) is 0.230. The second kappa shape index (κ2) is 5.31. The molecule has 6 heteroatoms. The minimum Gasteiger partial charge on any atom is -0.454 e. The third kappa shape index (κ3) is 2.22. The number of aromatic nitrogens is 3. The first kappa shape index (κ1) is 14.0. The summed E-state index contributed by atoms with van der Waals surface area (Å²) in [4.78, 5) is 16.9. The molecule has 2 aromatic heterocycles. The molecule has 0 unspecified atom stereocenters. The van der Waals surface area contributed by atoms with Gasteiger partial charge in [0.2, 0.25) is 6.79 Å². The lowest BCUT2D eigenvalue weighted by Gasteiger charge is -2.16. The molecule has 0 radical (unpaired) electrons. The number of benzene rings is 1. The lowest BCUT2D eigenvalue weighted by Crippen LogP contribution is -2.19. The monoisotopic (exact) mass is 331 g/mol. The summed E-state index contributed by atoms with van der Waals surface area (Å²) < 4.78 is 12.2. The molecule has 0 saturated carbocycles. The lowest BCUT2D eigenvalue weighted by molar-refractivity contribution is 0.0949. The van der Waals surface area contributed by atoms with Gasteiger partial charge >= 0.3 is 0 Å². The van der Waals surface area contributed by atoms with Gasteiger partial charge in [0.15, 0.2) is 11.5 Å². The van der Waals surface area contributed by atoms with Crippen LogP contribution < -0.4 is 9.47 Å². The Balaban J connectivity index is 1.57. The van der Waals surface area contributed by atoms with Crippen molar-refractivity contribution in [3.63, 3.8) is 0 Å². The summed E-state index contributed by atoms with van der Waals surface area (Å²) in [5.41, 5.74) is 4.40. The normalized spacial score (nSPS) is 15.0. The van der Waals surface area contributed by atoms with Crippen molar-refractivity contribution in [2.75, 3.05) is 6.79 Å². The van der Waals surface area contributed by atoms with Crippen molar-refractivity contribution < 1.29 is 14.3 Å². The molecule has 25 heavy (non-hydrogen) atoms. The van der Waals surface area contributed by atoms with Crippen molar-refractivity contribution in [2.24, 2.45) is 0 Å². The Bertz CT molecular complexity index is 1020. The molecular formula is C19H13N3O3. The quantitative estimate of drug-likeness (QED) is 0.722. The van der Waals surface area contributed by atoms with Crippen LogP contribution in [0.3, 0.4) is 0 Å². The standard InChI is InChI=1S/C19H13N3O3/c23-19-9-13(12-4-5-17-18(8-12)25-11-24-17)7-16-14(10-21-22(16)19)15-3-1-2-6-20-15/h1-6,8-10H,7,11H2. The molecule has 0 saturated heterocycles. The van der Waals surface area contributed by atoms with Crippen LogP contribution in [0.15, 0.2) is 54.9 Å². The van der Waals surface area contributed by atoms with E-state index in [4.69, 9.17) is 9.47 Å². The van der Waals surface area contributed by atoms with Crippen molar-refractivity contribution in [3.8, 4) is 22.8 Å². The van der Waals surface area contributed by atoms with Crippen LogP contribution in [0.2, 0.25) is 0 Å². The topological polar surface area (TPSA) is 66.2 Å². The van der Waals surface area contributed by atoms with E-state index >= 15 is 0 Å². The zero-order chi connectivity index (χ0) is 16.8. The largest absolute Gasteiger partial charge is 0.454 e. The molecule has 0 amide bonds. The second-order valence-corrected chi connectivity index (χ2v) is 5.88. The summed E-state index contributed by atoms with van der Waals surface area (Å²) >= 11 is 0. The smallest absolute Gasteiger partial charge is 0.271 e. The Morgan fingerprint density at radius 3 is 2.88 bits per heavy atom. The molecule has 0 aliphatic carbocycles. The SMILES string of the molecule is O=C1C=C(c2ccc3c(c2)OCO3)Cc2c(-c3ccccn3)cnn21. The second-order valence-electron chi connectivity index (χ2n) is 5.88. The van der Waals surface area contributed by atoms with E-state index in [1.165, 1.54) is 4.68 Å². The van der Waals surface area contributed by atoms with E-state index in [-0.39, 0.29) is 12.7 Å². The summed E-state index contributed by atoms with van der Waals surface area (Å²) in [5.74, 6) is 1.27. The average Bonchev–Trinajstić information content (AvgIpc) is 3.28. The fourth-order valence-corrected chi connectivity index (χ4v) is 3.19. The van der Waals surface area contributed by atoms with Gasteiger partial charge in [0, 0.05) is 24.3 Å². The lowest BCUT2D eigenvalue weighted by atomic mass is 9.95. The first-order chi connectivity index (χ1) is 12.3. The van der Waals surface area contributed by atoms with Crippen molar-refractivity contribution in [1.29, 1.82) is 0 Å². The van der Waals surface area contributed by atoms with Gasteiger partial charge in [-0.05, 0) is 35.4 Å². The van der Waals surface area contributed by atoms with E-state index in [9.17, 15) is 4.79 Å². The van der Waals surface area contributed by atoms with E-state index in [0.29, 0.717) is 12.2 Å². The van der Waals surface area contributed by atoms with E-state index in [2.05, 4.69) is 10.1 Å². The number of carbonyl (C=O) groups is 1. The Hall–Kier alpha value is -3.41.